The van der Waals surface area contributed by atoms with Crippen molar-refractivity contribution in [1.82, 2.24) is 9.78 Å². The third-order valence-electron chi connectivity index (χ3n) is 4.39. The first-order valence-corrected chi connectivity index (χ1v) is 8.35. The molecule has 5 heteroatoms. The zero-order valence-electron chi connectivity index (χ0n) is 14.0. The number of fused-ring (bicyclic) bond motifs is 1. The molecule has 126 valence electrons. The van der Waals surface area contributed by atoms with Crippen LogP contribution in [0, 0.1) is 0 Å². The summed E-state index contributed by atoms with van der Waals surface area (Å²) in [6.07, 6.45) is 2.64. The molecule has 25 heavy (non-hydrogen) atoms. The second-order valence-electron chi connectivity index (χ2n) is 6.18. The summed E-state index contributed by atoms with van der Waals surface area (Å²) in [6, 6.07) is 19.5. The molecule has 0 bridgehead atoms. The first-order chi connectivity index (χ1) is 12.2. The van der Waals surface area contributed by atoms with Crippen molar-refractivity contribution < 1.29 is 9.53 Å². The van der Waals surface area contributed by atoms with Crippen LogP contribution in [0.15, 0.2) is 66.9 Å². The number of rotatable bonds is 4. The van der Waals surface area contributed by atoms with Gasteiger partial charge in [-0.3, -0.25) is 4.79 Å². The summed E-state index contributed by atoms with van der Waals surface area (Å²) < 4.78 is 7.30. The number of hydrogen-bond donors (Lipinski definition) is 0. The summed E-state index contributed by atoms with van der Waals surface area (Å²) in [5.74, 6) is 0.698. The number of benzene rings is 2. The molecule has 0 N–H and O–H groups in total. The molecular weight excluding hydrogens is 314 g/mol. The molecule has 0 spiro atoms. The van der Waals surface area contributed by atoms with Crippen molar-refractivity contribution in [2.45, 2.75) is 26.1 Å². The maximum Gasteiger partial charge on any atom is 0.279 e. The fourth-order valence-corrected chi connectivity index (χ4v) is 3.20. The Morgan fingerprint density at radius 2 is 1.88 bits per heavy atom. The molecule has 1 unspecified atom stereocenters. The van der Waals surface area contributed by atoms with Gasteiger partial charge in [-0.25, -0.2) is 4.68 Å². The first-order valence-electron chi connectivity index (χ1n) is 8.35. The highest BCUT2D eigenvalue weighted by atomic mass is 16.5. The molecule has 0 fully saturated rings. The molecule has 1 aromatic heterocycles. The average Bonchev–Trinajstić information content (AvgIpc) is 3.24. The Bertz CT molecular complexity index is 889. The summed E-state index contributed by atoms with van der Waals surface area (Å²) in [5, 5.41) is 4.38. The zero-order chi connectivity index (χ0) is 17.2. The third kappa shape index (κ3) is 3.01. The van der Waals surface area contributed by atoms with Gasteiger partial charge in [0, 0.05) is 17.9 Å². The molecule has 5 nitrogen and oxygen atoms in total. The minimum atomic E-state index is -0.0732. The molecule has 3 aromatic rings. The lowest BCUT2D eigenvalue weighted by atomic mass is 10.1. The van der Waals surface area contributed by atoms with Crippen molar-refractivity contribution in [3.05, 3.63) is 78.1 Å². The Labute approximate surface area is 146 Å². The smallest absolute Gasteiger partial charge is 0.279 e. The topological polar surface area (TPSA) is 47.4 Å². The quantitative estimate of drug-likeness (QED) is 0.734. The van der Waals surface area contributed by atoms with E-state index in [2.05, 4.69) is 18.1 Å². The van der Waals surface area contributed by atoms with Gasteiger partial charge in [0.1, 0.15) is 5.75 Å². The van der Waals surface area contributed by atoms with Gasteiger partial charge in [0.25, 0.3) is 5.91 Å². The lowest BCUT2D eigenvalue weighted by Crippen LogP contribution is -2.36. The molecule has 1 atom stereocenters. The fraction of sp³-hybridized carbons (Fsp3) is 0.200. The lowest BCUT2D eigenvalue weighted by molar-refractivity contribution is 0.0974. The normalized spacial score (nSPS) is 15.9. The van der Waals surface area contributed by atoms with Crippen molar-refractivity contribution in [1.29, 1.82) is 0 Å². The maximum atomic E-state index is 12.9. The van der Waals surface area contributed by atoms with Gasteiger partial charge in [-0.05, 0) is 43.2 Å². The van der Waals surface area contributed by atoms with Gasteiger partial charge in [0.15, 0.2) is 12.4 Å². The molecule has 2 aromatic carbocycles. The van der Waals surface area contributed by atoms with E-state index in [-0.39, 0.29) is 18.7 Å². The van der Waals surface area contributed by atoms with Crippen molar-refractivity contribution in [3.8, 4) is 5.75 Å². The molecular formula is C20H19N3O2. The largest absolute Gasteiger partial charge is 0.471 e. The van der Waals surface area contributed by atoms with Gasteiger partial charge in [0.05, 0.1) is 0 Å². The van der Waals surface area contributed by atoms with Crippen LogP contribution in [0.5, 0.6) is 5.75 Å². The van der Waals surface area contributed by atoms with E-state index in [0.717, 1.165) is 17.9 Å². The Morgan fingerprint density at radius 3 is 2.72 bits per heavy atom. The van der Waals surface area contributed by atoms with E-state index >= 15 is 0 Å². The van der Waals surface area contributed by atoms with Gasteiger partial charge in [-0.2, -0.15) is 5.10 Å². The molecule has 0 aliphatic carbocycles. The van der Waals surface area contributed by atoms with Gasteiger partial charge >= 0.3 is 0 Å². The van der Waals surface area contributed by atoms with E-state index in [1.807, 2.05) is 53.4 Å². The number of aromatic nitrogens is 2. The summed E-state index contributed by atoms with van der Waals surface area (Å²) >= 11 is 0. The average molecular weight is 333 g/mol. The number of amides is 1. The van der Waals surface area contributed by atoms with Crippen molar-refractivity contribution in [2.24, 2.45) is 0 Å². The van der Waals surface area contributed by atoms with E-state index in [9.17, 15) is 4.79 Å². The van der Waals surface area contributed by atoms with E-state index in [1.54, 1.807) is 16.9 Å². The van der Waals surface area contributed by atoms with Gasteiger partial charge in [-0.1, -0.05) is 36.4 Å². The monoisotopic (exact) mass is 333 g/mol. The minimum Gasteiger partial charge on any atom is -0.471 e. The predicted octanol–water partition coefficient (Wildman–Crippen LogP) is 3.51. The Kier molecular flexibility index (Phi) is 3.98. The molecule has 0 saturated carbocycles. The van der Waals surface area contributed by atoms with Gasteiger partial charge in [-0.15, -0.1) is 0 Å². The number of nitrogens with zero attached hydrogens (tertiary/aromatic N) is 3. The summed E-state index contributed by atoms with van der Waals surface area (Å²) in [6.45, 7) is 2.33. The molecule has 4 rings (SSSR count). The van der Waals surface area contributed by atoms with E-state index < -0.39 is 0 Å². The van der Waals surface area contributed by atoms with Crippen LogP contribution in [0.3, 0.4) is 0 Å². The summed E-state index contributed by atoms with van der Waals surface area (Å²) in [7, 11) is 0. The third-order valence-corrected chi connectivity index (χ3v) is 4.39. The highest BCUT2D eigenvalue weighted by Crippen LogP contribution is 2.32. The fourth-order valence-electron chi connectivity index (χ4n) is 3.20. The van der Waals surface area contributed by atoms with Gasteiger partial charge < -0.3 is 9.64 Å². The number of para-hydroxylation sites is 2. The molecule has 1 amide bonds. The van der Waals surface area contributed by atoms with Crippen molar-refractivity contribution >= 4 is 11.6 Å². The Hall–Kier alpha value is -3.08. The predicted molar refractivity (Wildman–Crippen MR) is 95.7 cm³/mol. The van der Waals surface area contributed by atoms with E-state index in [0.29, 0.717) is 5.69 Å². The van der Waals surface area contributed by atoms with Crippen molar-refractivity contribution in [3.63, 3.8) is 0 Å². The highest BCUT2D eigenvalue weighted by Gasteiger charge is 2.32. The van der Waals surface area contributed by atoms with Crippen LogP contribution in [-0.2, 0) is 13.2 Å². The maximum absolute atomic E-state index is 12.9. The van der Waals surface area contributed by atoms with Crippen LogP contribution in [0.2, 0.25) is 0 Å². The summed E-state index contributed by atoms with van der Waals surface area (Å²) in [5.41, 5.74) is 2.62. The first kappa shape index (κ1) is 15.4. The highest BCUT2D eigenvalue weighted by molar-refractivity contribution is 6.06. The SMILES string of the molecule is CC1Cc2ccccc2N1C(=O)c1ccn(COc2ccccc2)n1. The molecule has 0 saturated heterocycles. The zero-order valence-corrected chi connectivity index (χ0v) is 14.0. The summed E-state index contributed by atoms with van der Waals surface area (Å²) in [4.78, 5) is 14.8. The minimum absolute atomic E-state index is 0.0732. The van der Waals surface area contributed by atoms with E-state index in [4.69, 9.17) is 4.74 Å². The van der Waals surface area contributed by atoms with Crippen LogP contribution in [0.4, 0.5) is 5.69 Å². The van der Waals surface area contributed by atoms with Crippen LogP contribution >= 0.6 is 0 Å². The van der Waals surface area contributed by atoms with Crippen LogP contribution < -0.4 is 9.64 Å². The molecule has 2 heterocycles. The van der Waals surface area contributed by atoms with Gasteiger partial charge in [0.2, 0.25) is 0 Å². The van der Waals surface area contributed by atoms with Crippen LogP contribution in [0.25, 0.3) is 0 Å². The number of carbonyl (C=O) groups is 1. The van der Waals surface area contributed by atoms with Crippen LogP contribution in [0.1, 0.15) is 23.0 Å². The van der Waals surface area contributed by atoms with Crippen molar-refractivity contribution in [2.75, 3.05) is 4.90 Å². The second-order valence-corrected chi connectivity index (χ2v) is 6.18. The lowest BCUT2D eigenvalue weighted by Gasteiger charge is -2.21. The van der Waals surface area contributed by atoms with Crippen LogP contribution in [-0.4, -0.2) is 21.7 Å². The molecule has 0 radical (unpaired) electrons. The number of anilines is 1. The second kappa shape index (κ2) is 6.43. The standard InChI is InChI=1S/C20H19N3O2/c1-15-13-16-7-5-6-10-19(16)23(15)20(24)18-11-12-22(21-18)14-25-17-8-3-2-4-9-17/h2-12,15H,13-14H2,1H3. The van der Waals surface area contributed by atoms with E-state index in [1.165, 1.54) is 5.56 Å². The number of hydrogen-bond acceptors (Lipinski definition) is 3. The molecule has 1 aliphatic rings. The number of carbonyl (C=O) groups excluding carboxylic acids is 1. The Morgan fingerprint density at radius 1 is 1.12 bits per heavy atom. The molecule has 1 aliphatic heterocycles. The Balaban J connectivity index is 1.49. The number of ether oxygens (including phenoxy) is 1.